The zero-order chi connectivity index (χ0) is 20.9. The number of nitrogens with zero attached hydrogens (tertiary/aromatic N) is 2. The van der Waals surface area contributed by atoms with Crippen molar-refractivity contribution < 1.29 is 9.53 Å². The first-order valence-electron chi connectivity index (χ1n) is 9.65. The highest BCUT2D eigenvalue weighted by atomic mass is 35.5. The first-order valence-corrected chi connectivity index (χ1v) is 10.0. The molecule has 30 heavy (non-hydrogen) atoms. The Morgan fingerprint density at radius 1 is 0.933 bits per heavy atom. The van der Waals surface area contributed by atoms with Crippen LogP contribution in [-0.2, 0) is 13.1 Å². The average Bonchev–Trinajstić information content (AvgIpc) is 2.79. The molecule has 0 atom stereocenters. The maximum Gasteiger partial charge on any atom is 0.254 e. The van der Waals surface area contributed by atoms with E-state index in [1.807, 2.05) is 72.8 Å². The summed E-state index contributed by atoms with van der Waals surface area (Å²) in [6.45, 7) is 0.807. The van der Waals surface area contributed by atoms with E-state index in [1.54, 1.807) is 24.1 Å². The van der Waals surface area contributed by atoms with E-state index in [0.29, 0.717) is 29.6 Å². The van der Waals surface area contributed by atoms with Crippen LogP contribution >= 0.6 is 11.6 Å². The summed E-state index contributed by atoms with van der Waals surface area (Å²) >= 11 is 6.48. The van der Waals surface area contributed by atoms with Gasteiger partial charge in [0, 0.05) is 29.6 Å². The number of amides is 1. The molecule has 5 heteroatoms. The van der Waals surface area contributed by atoms with E-state index < -0.39 is 0 Å². The molecule has 0 spiro atoms. The highest BCUT2D eigenvalue weighted by molar-refractivity contribution is 6.30. The first-order chi connectivity index (χ1) is 14.6. The number of hydrogen-bond acceptors (Lipinski definition) is 3. The van der Waals surface area contributed by atoms with Gasteiger partial charge in [0.1, 0.15) is 10.9 Å². The SMILES string of the molecule is COc1cccc(C(=O)N(Cc2ccccc2)Cc2cc3ccccc3nc2Cl)c1. The van der Waals surface area contributed by atoms with Crippen LogP contribution in [0.1, 0.15) is 21.5 Å². The molecule has 0 saturated carbocycles. The van der Waals surface area contributed by atoms with E-state index in [9.17, 15) is 4.79 Å². The standard InChI is InChI=1S/C25H21ClN2O2/c1-30-22-12-7-11-20(15-22)25(29)28(16-18-8-3-2-4-9-18)17-21-14-19-10-5-6-13-23(19)27-24(21)26/h2-15H,16-17H2,1H3. The number of para-hydroxylation sites is 1. The van der Waals surface area contributed by atoms with Crippen LogP contribution in [0.5, 0.6) is 5.75 Å². The molecule has 0 aliphatic rings. The molecular weight excluding hydrogens is 396 g/mol. The van der Waals surface area contributed by atoms with Gasteiger partial charge in [-0.25, -0.2) is 4.98 Å². The molecule has 4 aromatic rings. The Hall–Kier alpha value is -3.37. The normalized spacial score (nSPS) is 10.7. The second kappa shape index (κ2) is 8.97. The minimum absolute atomic E-state index is 0.0954. The first kappa shape index (κ1) is 19.9. The van der Waals surface area contributed by atoms with E-state index in [-0.39, 0.29) is 5.91 Å². The van der Waals surface area contributed by atoms with Crippen molar-refractivity contribution in [2.75, 3.05) is 7.11 Å². The minimum atomic E-state index is -0.0954. The smallest absolute Gasteiger partial charge is 0.254 e. The Kier molecular flexibility index (Phi) is 5.96. The number of halogens is 1. The topological polar surface area (TPSA) is 42.4 Å². The zero-order valence-corrected chi connectivity index (χ0v) is 17.3. The fourth-order valence-corrected chi connectivity index (χ4v) is 3.60. The third-order valence-corrected chi connectivity index (χ3v) is 5.26. The Labute approximate surface area is 180 Å². The quantitative estimate of drug-likeness (QED) is 0.376. The van der Waals surface area contributed by atoms with Gasteiger partial charge in [-0.2, -0.15) is 0 Å². The predicted molar refractivity (Wildman–Crippen MR) is 120 cm³/mol. The van der Waals surface area contributed by atoms with Gasteiger partial charge in [0.05, 0.1) is 12.6 Å². The van der Waals surface area contributed by atoms with Crippen LogP contribution in [0.3, 0.4) is 0 Å². The van der Waals surface area contributed by atoms with Crippen LogP contribution in [0.15, 0.2) is 84.9 Å². The molecule has 0 aliphatic heterocycles. The highest BCUT2D eigenvalue weighted by Gasteiger charge is 2.19. The van der Waals surface area contributed by atoms with Crippen molar-refractivity contribution in [1.29, 1.82) is 0 Å². The number of pyridine rings is 1. The lowest BCUT2D eigenvalue weighted by atomic mass is 10.1. The predicted octanol–water partition coefficient (Wildman–Crippen LogP) is 5.74. The van der Waals surface area contributed by atoms with Crippen LogP contribution < -0.4 is 4.74 Å². The molecule has 0 N–H and O–H groups in total. The summed E-state index contributed by atoms with van der Waals surface area (Å²) in [6, 6.07) is 26.9. The number of carbonyl (C=O) groups excluding carboxylic acids is 1. The van der Waals surface area contributed by atoms with Gasteiger partial charge in [-0.15, -0.1) is 0 Å². The number of benzene rings is 3. The molecule has 0 aliphatic carbocycles. The van der Waals surface area contributed by atoms with Crippen LogP contribution in [0, 0.1) is 0 Å². The Bertz CT molecular complexity index is 1180. The molecule has 4 rings (SSSR count). The molecule has 1 heterocycles. The van der Waals surface area contributed by atoms with Crippen molar-refractivity contribution in [1.82, 2.24) is 9.88 Å². The van der Waals surface area contributed by atoms with E-state index in [1.165, 1.54) is 0 Å². The van der Waals surface area contributed by atoms with E-state index in [0.717, 1.165) is 22.0 Å². The van der Waals surface area contributed by atoms with E-state index in [2.05, 4.69) is 4.98 Å². The Morgan fingerprint density at radius 2 is 1.70 bits per heavy atom. The Balaban J connectivity index is 1.70. The van der Waals surface area contributed by atoms with E-state index in [4.69, 9.17) is 16.3 Å². The summed E-state index contributed by atoms with van der Waals surface area (Å²) in [6.07, 6.45) is 0. The van der Waals surface area contributed by atoms with Crippen LogP contribution in [-0.4, -0.2) is 22.9 Å². The number of rotatable bonds is 6. The monoisotopic (exact) mass is 416 g/mol. The van der Waals surface area contributed by atoms with Crippen molar-refractivity contribution in [3.63, 3.8) is 0 Å². The fourth-order valence-electron chi connectivity index (χ4n) is 3.39. The summed E-state index contributed by atoms with van der Waals surface area (Å²) in [5.41, 5.74) is 3.25. The lowest BCUT2D eigenvalue weighted by Crippen LogP contribution is -2.30. The van der Waals surface area contributed by atoms with Crippen LogP contribution in [0.25, 0.3) is 10.9 Å². The molecule has 1 aromatic heterocycles. The lowest BCUT2D eigenvalue weighted by molar-refractivity contribution is 0.0729. The summed E-state index contributed by atoms with van der Waals surface area (Å²) in [7, 11) is 1.59. The zero-order valence-electron chi connectivity index (χ0n) is 16.6. The van der Waals surface area contributed by atoms with Gasteiger partial charge in [0.15, 0.2) is 0 Å². The molecule has 0 fully saturated rings. The van der Waals surface area contributed by atoms with Crippen LogP contribution in [0.2, 0.25) is 5.15 Å². The molecule has 1 amide bonds. The fraction of sp³-hybridized carbons (Fsp3) is 0.120. The minimum Gasteiger partial charge on any atom is -0.497 e. The third kappa shape index (κ3) is 4.44. The van der Waals surface area contributed by atoms with Gasteiger partial charge in [-0.05, 0) is 35.9 Å². The molecule has 0 radical (unpaired) electrons. The highest BCUT2D eigenvalue weighted by Crippen LogP contribution is 2.24. The summed E-state index contributed by atoms with van der Waals surface area (Å²) in [4.78, 5) is 19.7. The molecule has 3 aromatic carbocycles. The van der Waals surface area contributed by atoms with Gasteiger partial charge in [-0.3, -0.25) is 4.79 Å². The second-order valence-corrected chi connectivity index (χ2v) is 7.37. The average molecular weight is 417 g/mol. The van der Waals surface area contributed by atoms with Crippen molar-refractivity contribution in [3.05, 3.63) is 107 Å². The molecule has 0 unspecified atom stereocenters. The third-order valence-electron chi connectivity index (χ3n) is 4.93. The summed E-state index contributed by atoms with van der Waals surface area (Å²) < 4.78 is 5.29. The maximum atomic E-state index is 13.4. The summed E-state index contributed by atoms with van der Waals surface area (Å²) in [5.74, 6) is 0.549. The van der Waals surface area contributed by atoms with Gasteiger partial charge in [0.25, 0.3) is 5.91 Å². The number of aromatic nitrogens is 1. The van der Waals surface area contributed by atoms with Crippen molar-refractivity contribution in [2.45, 2.75) is 13.1 Å². The number of fused-ring (bicyclic) bond motifs is 1. The van der Waals surface area contributed by atoms with Crippen LogP contribution in [0.4, 0.5) is 0 Å². The summed E-state index contributed by atoms with van der Waals surface area (Å²) in [5, 5.41) is 1.40. The van der Waals surface area contributed by atoms with Crippen molar-refractivity contribution in [2.24, 2.45) is 0 Å². The number of methoxy groups -OCH3 is 1. The van der Waals surface area contributed by atoms with E-state index >= 15 is 0 Å². The molecule has 150 valence electrons. The van der Waals surface area contributed by atoms with Crippen molar-refractivity contribution in [3.8, 4) is 5.75 Å². The number of carbonyl (C=O) groups is 1. The molecule has 0 bridgehead atoms. The largest absolute Gasteiger partial charge is 0.497 e. The lowest BCUT2D eigenvalue weighted by Gasteiger charge is -2.24. The van der Waals surface area contributed by atoms with Crippen molar-refractivity contribution >= 4 is 28.4 Å². The Morgan fingerprint density at radius 3 is 2.50 bits per heavy atom. The van der Waals surface area contributed by atoms with Gasteiger partial charge < -0.3 is 9.64 Å². The second-order valence-electron chi connectivity index (χ2n) is 7.01. The molecular formula is C25H21ClN2O2. The number of hydrogen-bond donors (Lipinski definition) is 0. The van der Waals surface area contributed by atoms with Gasteiger partial charge in [-0.1, -0.05) is 66.2 Å². The van der Waals surface area contributed by atoms with Gasteiger partial charge >= 0.3 is 0 Å². The number of ether oxygens (including phenoxy) is 1. The maximum absolute atomic E-state index is 13.4. The molecule has 0 saturated heterocycles. The molecule has 4 nitrogen and oxygen atoms in total. The van der Waals surface area contributed by atoms with Gasteiger partial charge in [0.2, 0.25) is 0 Å².